The van der Waals surface area contributed by atoms with E-state index >= 15 is 0 Å². The van der Waals surface area contributed by atoms with E-state index in [4.69, 9.17) is 4.74 Å². The summed E-state index contributed by atoms with van der Waals surface area (Å²) in [6.45, 7) is 8.63. The number of fused-ring (bicyclic) bond motifs is 1. The van der Waals surface area contributed by atoms with Crippen molar-refractivity contribution in [3.05, 3.63) is 30.2 Å². The molecule has 0 aliphatic heterocycles. The Kier molecular flexibility index (Phi) is 7.60. The van der Waals surface area contributed by atoms with E-state index in [1.54, 1.807) is 7.05 Å². The van der Waals surface area contributed by atoms with Crippen molar-refractivity contribution >= 4 is 17.7 Å². The molecule has 0 aliphatic carbocycles. The zero-order valence-electron chi connectivity index (χ0n) is 17.3. The van der Waals surface area contributed by atoms with Crippen LogP contribution in [0.5, 0.6) is 0 Å². The number of carbonyl (C=O) groups is 1. The van der Waals surface area contributed by atoms with Crippen LogP contribution in [0.4, 0.5) is 4.79 Å². The van der Waals surface area contributed by atoms with Crippen molar-refractivity contribution < 1.29 is 9.53 Å². The number of pyridine rings is 1. The summed E-state index contributed by atoms with van der Waals surface area (Å²) >= 11 is 0. The summed E-state index contributed by atoms with van der Waals surface area (Å²) in [4.78, 5) is 16.3. The molecule has 3 N–H and O–H groups in total. The molecule has 2 rings (SSSR count). The van der Waals surface area contributed by atoms with Gasteiger partial charge in [0.25, 0.3) is 0 Å². The van der Waals surface area contributed by atoms with Crippen molar-refractivity contribution in [3.63, 3.8) is 0 Å². The van der Waals surface area contributed by atoms with Crippen LogP contribution in [0.2, 0.25) is 0 Å². The maximum atomic E-state index is 12.0. The highest BCUT2D eigenvalue weighted by Gasteiger charge is 2.19. The molecule has 154 valence electrons. The molecule has 2 aromatic heterocycles. The van der Waals surface area contributed by atoms with Crippen LogP contribution < -0.4 is 16.0 Å². The lowest BCUT2D eigenvalue weighted by molar-refractivity contribution is 0.0502. The normalized spacial score (nSPS) is 13.2. The lowest BCUT2D eigenvalue weighted by Gasteiger charge is -2.24. The van der Waals surface area contributed by atoms with Crippen molar-refractivity contribution in [2.24, 2.45) is 4.99 Å². The molecule has 0 aromatic carbocycles. The van der Waals surface area contributed by atoms with E-state index in [0.29, 0.717) is 19.0 Å². The summed E-state index contributed by atoms with van der Waals surface area (Å²) in [7, 11) is 1.70. The van der Waals surface area contributed by atoms with Crippen LogP contribution in [0.15, 0.2) is 29.4 Å². The van der Waals surface area contributed by atoms with Crippen molar-refractivity contribution in [1.82, 2.24) is 30.5 Å². The quantitative estimate of drug-likeness (QED) is 0.495. The van der Waals surface area contributed by atoms with Gasteiger partial charge >= 0.3 is 6.09 Å². The Hall–Kier alpha value is -2.84. The fourth-order valence-electron chi connectivity index (χ4n) is 2.66. The van der Waals surface area contributed by atoms with E-state index in [0.717, 1.165) is 24.3 Å². The number of nitrogens with one attached hydrogen (secondary N) is 3. The molecule has 1 amide bonds. The average Bonchev–Trinajstić information content (AvgIpc) is 3.03. The first-order valence-corrected chi connectivity index (χ1v) is 9.55. The van der Waals surface area contributed by atoms with E-state index in [9.17, 15) is 4.79 Å². The minimum absolute atomic E-state index is 0.0627. The van der Waals surface area contributed by atoms with Crippen LogP contribution in [0.3, 0.4) is 0 Å². The minimum atomic E-state index is -0.521. The second-order valence-corrected chi connectivity index (χ2v) is 7.48. The molecule has 1 atom stereocenters. The number of nitrogens with zero attached hydrogens (tertiary/aromatic N) is 4. The largest absolute Gasteiger partial charge is 0.444 e. The zero-order chi connectivity index (χ0) is 20.6. The van der Waals surface area contributed by atoms with E-state index in [2.05, 4.69) is 38.1 Å². The van der Waals surface area contributed by atoms with Crippen LogP contribution in [-0.2, 0) is 11.3 Å². The molecule has 0 saturated heterocycles. The second kappa shape index (κ2) is 9.91. The SMILES string of the molecule is CCCC(CNC(=NC)NCc1nnc2ccccn12)NC(=O)OC(C)(C)C. The van der Waals surface area contributed by atoms with Gasteiger partial charge in [0, 0.05) is 25.8 Å². The molecule has 0 bridgehead atoms. The van der Waals surface area contributed by atoms with Gasteiger partial charge in [-0.05, 0) is 39.3 Å². The van der Waals surface area contributed by atoms with Gasteiger partial charge in [0.15, 0.2) is 17.4 Å². The van der Waals surface area contributed by atoms with Gasteiger partial charge < -0.3 is 20.7 Å². The topological polar surface area (TPSA) is 105 Å². The number of rotatable bonds is 7. The average molecular weight is 390 g/mol. The molecule has 0 saturated carbocycles. The molecule has 0 radical (unpaired) electrons. The van der Waals surface area contributed by atoms with E-state index in [1.165, 1.54) is 0 Å². The highest BCUT2D eigenvalue weighted by molar-refractivity contribution is 5.79. The fourth-order valence-corrected chi connectivity index (χ4v) is 2.66. The Labute approximate surface area is 166 Å². The molecule has 2 aromatic rings. The molecule has 9 nitrogen and oxygen atoms in total. The molecule has 0 spiro atoms. The predicted molar refractivity (Wildman–Crippen MR) is 109 cm³/mol. The standard InChI is InChI=1S/C19H31N7O2/c1-6-9-14(23-18(27)28-19(2,3)4)12-21-17(20-5)22-13-16-25-24-15-10-7-8-11-26(15)16/h7-8,10-11,14H,6,9,12-13H2,1-5H3,(H,23,27)(H2,20,21,22). The third-order valence-corrected chi connectivity index (χ3v) is 3.90. The first-order chi connectivity index (χ1) is 13.3. The number of guanidine groups is 1. The summed E-state index contributed by atoms with van der Waals surface area (Å²) in [6, 6.07) is 5.70. The smallest absolute Gasteiger partial charge is 0.407 e. The van der Waals surface area contributed by atoms with Gasteiger partial charge in [0.1, 0.15) is 5.60 Å². The molecular weight excluding hydrogens is 358 g/mol. The summed E-state index contributed by atoms with van der Waals surface area (Å²) in [6.07, 6.45) is 3.29. The van der Waals surface area contributed by atoms with Crippen LogP contribution in [0.25, 0.3) is 5.65 Å². The number of ether oxygens (including phenoxy) is 1. The number of hydrogen-bond acceptors (Lipinski definition) is 5. The van der Waals surface area contributed by atoms with Crippen molar-refractivity contribution in [3.8, 4) is 0 Å². The predicted octanol–water partition coefficient (Wildman–Crippen LogP) is 2.09. The number of amides is 1. The van der Waals surface area contributed by atoms with Gasteiger partial charge in [-0.3, -0.25) is 9.39 Å². The van der Waals surface area contributed by atoms with Crippen LogP contribution in [-0.4, -0.2) is 51.9 Å². The molecule has 2 heterocycles. The van der Waals surface area contributed by atoms with Crippen molar-refractivity contribution in [2.45, 2.75) is 58.7 Å². The van der Waals surface area contributed by atoms with Gasteiger partial charge in [-0.25, -0.2) is 4.79 Å². The fraction of sp³-hybridized carbons (Fsp3) is 0.579. The summed E-state index contributed by atoms with van der Waals surface area (Å²) in [5, 5.41) is 17.7. The third kappa shape index (κ3) is 6.71. The van der Waals surface area contributed by atoms with Gasteiger partial charge in [0.05, 0.1) is 6.54 Å². The van der Waals surface area contributed by atoms with E-state index in [-0.39, 0.29) is 6.04 Å². The highest BCUT2D eigenvalue weighted by Crippen LogP contribution is 2.07. The third-order valence-electron chi connectivity index (χ3n) is 3.90. The Morgan fingerprint density at radius 2 is 2.07 bits per heavy atom. The minimum Gasteiger partial charge on any atom is -0.444 e. The van der Waals surface area contributed by atoms with Gasteiger partial charge in [0.2, 0.25) is 0 Å². The first-order valence-electron chi connectivity index (χ1n) is 9.55. The second-order valence-electron chi connectivity index (χ2n) is 7.48. The van der Waals surface area contributed by atoms with Gasteiger partial charge in [-0.15, -0.1) is 10.2 Å². The number of aromatic nitrogens is 3. The van der Waals surface area contributed by atoms with Crippen LogP contribution >= 0.6 is 0 Å². The van der Waals surface area contributed by atoms with Crippen molar-refractivity contribution in [1.29, 1.82) is 0 Å². The Morgan fingerprint density at radius 1 is 1.29 bits per heavy atom. The summed E-state index contributed by atoms with van der Waals surface area (Å²) in [5.41, 5.74) is 0.277. The summed E-state index contributed by atoms with van der Waals surface area (Å²) < 4.78 is 7.26. The van der Waals surface area contributed by atoms with Crippen molar-refractivity contribution in [2.75, 3.05) is 13.6 Å². The molecule has 9 heteroatoms. The zero-order valence-corrected chi connectivity index (χ0v) is 17.3. The Morgan fingerprint density at radius 3 is 2.75 bits per heavy atom. The Balaban J connectivity index is 1.87. The maximum Gasteiger partial charge on any atom is 0.407 e. The lowest BCUT2D eigenvalue weighted by Crippen LogP contribution is -2.48. The number of hydrogen-bond donors (Lipinski definition) is 3. The first kappa shape index (κ1) is 21.5. The number of alkyl carbamates (subject to hydrolysis) is 1. The van der Waals surface area contributed by atoms with E-state index in [1.807, 2.05) is 49.6 Å². The highest BCUT2D eigenvalue weighted by atomic mass is 16.6. The molecule has 0 fully saturated rings. The molecule has 28 heavy (non-hydrogen) atoms. The molecule has 1 unspecified atom stereocenters. The van der Waals surface area contributed by atoms with Gasteiger partial charge in [-0.1, -0.05) is 19.4 Å². The van der Waals surface area contributed by atoms with Crippen LogP contribution in [0, 0.1) is 0 Å². The lowest BCUT2D eigenvalue weighted by atomic mass is 10.1. The number of carbonyl (C=O) groups excluding carboxylic acids is 1. The molecular formula is C19H31N7O2. The van der Waals surface area contributed by atoms with E-state index < -0.39 is 11.7 Å². The molecule has 0 aliphatic rings. The number of aliphatic imine (C=N–C) groups is 1. The monoisotopic (exact) mass is 389 g/mol. The Bertz CT molecular complexity index is 795. The maximum absolute atomic E-state index is 12.0. The van der Waals surface area contributed by atoms with Gasteiger partial charge in [-0.2, -0.15) is 0 Å². The van der Waals surface area contributed by atoms with Crippen LogP contribution in [0.1, 0.15) is 46.4 Å². The summed E-state index contributed by atoms with van der Waals surface area (Å²) in [5.74, 6) is 1.41.